The van der Waals surface area contributed by atoms with Gasteiger partial charge in [0.25, 0.3) is 0 Å². The van der Waals surface area contributed by atoms with E-state index in [2.05, 4.69) is 22.9 Å². The zero-order valence-electron chi connectivity index (χ0n) is 10.1. The van der Waals surface area contributed by atoms with E-state index in [0.717, 1.165) is 24.6 Å². The minimum atomic E-state index is 0. The van der Waals surface area contributed by atoms with E-state index in [4.69, 9.17) is 5.73 Å². The number of hydrogen-bond donors (Lipinski definition) is 1. The minimum absolute atomic E-state index is 0. The highest BCUT2D eigenvalue weighted by Crippen LogP contribution is 2.22. The molecule has 1 aromatic heterocycles. The van der Waals surface area contributed by atoms with Gasteiger partial charge < -0.3 is 10.6 Å². The van der Waals surface area contributed by atoms with Gasteiger partial charge in [-0.25, -0.2) is 0 Å². The van der Waals surface area contributed by atoms with Crippen LogP contribution in [0.15, 0.2) is 18.5 Å². The molecule has 1 fully saturated rings. The van der Waals surface area contributed by atoms with Gasteiger partial charge in [0.15, 0.2) is 0 Å². The van der Waals surface area contributed by atoms with Crippen molar-refractivity contribution < 1.29 is 0 Å². The monoisotopic (exact) mass is 277 g/mol. The summed E-state index contributed by atoms with van der Waals surface area (Å²) >= 11 is 0. The SMILES string of the molecule is CC1CCCN(c2cncc(CN)c2)C1.Cl.Cl. The van der Waals surface area contributed by atoms with Gasteiger partial charge in [-0.2, -0.15) is 0 Å². The maximum atomic E-state index is 5.62. The molecule has 0 amide bonds. The quantitative estimate of drug-likeness (QED) is 0.904. The van der Waals surface area contributed by atoms with Crippen molar-refractivity contribution in [3.8, 4) is 0 Å². The van der Waals surface area contributed by atoms with Crippen molar-refractivity contribution in [3.63, 3.8) is 0 Å². The highest BCUT2D eigenvalue weighted by Gasteiger charge is 2.16. The molecule has 2 N–H and O–H groups in total. The third-order valence-electron chi connectivity index (χ3n) is 3.04. The topological polar surface area (TPSA) is 42.2 Å². The van der Waals surface area contributed by atoms with Crippen LogP contribution in [-0.2, 0) is 6.54 Å². The fourth-order valence-corrected chi connectivity index (χ4v) is 2.18. The summed E-state index contributed by atoms with van der Waals surface area (Å²) in [7, 11) is 0. The van der Waals surface area contributed by atoms with Gasteiger partial charge in [-0.3, -0.25) is 4.98 Å². The van der Waals surface area contributed by atoms with Crippen LogP contribution in [0, 0.1) is 5.92 Å². The van der Waals surface area contributed by atoms with Crippen LogP contribution < -0.4 is 10.6 Å². The van der Waals surface area contributed by atoms with Crippen molar-refractivity contribution in [1.82, 2.24) is 4.98 Å². The first kappa shape index (κ1) is 16.5. The van der Waals surface area contributed by atoms with E-state index in [1.54, 1.807) is 0 Å². The van der Waals surface area contributed by atoms with Gasteiger partial charge in [0.1, 0.15) is 0 Å². The molecule has 98 valence electrons. The van der Waals surface area contributed by atoms with E-state index < -0.39 is 0 Å². The number of halogens is 2. The smallest absolute Gasteiger partial charge is 0.0556 e. The molecular formula is C12H21Cl2N3. The summed E-state index contributed by atoms with van der Waals surface area (Å²) in [6.45, 7) is 5.19. The molecular weight excluding hydrogens is 257 g/mol. The second kappa shape index (κ2) is 7.75. The summed E-state index contributed by atoms with van der Waals surface area (Å²) in [4.78, 5) is 6.65. The summed E-state index contributed by atoms with van der Waals surface area (Å²) in [6.07, 6.45) is 6.42. The van der Waals surface area contributed by atoms with Crippen LogP contribution in [0.1, 0.15) is 25.3 Å². The van der Waals surface area contributed by atoms with E-state index in [9.17, 15) is 0 Å². The average Bonchev–Trinajstić information content (AvgIpc) is 2.29. The molecule has 0 saturated carbocycles. The van der Waals surface area contributed by atoms with Crippen LogP contribution in [0.3, 0.4) is 0 Å². The number of aromatic nitrogens is 1. The summed E-state index contributed by atoms with van der Waals surface area (Å²) in [5.41, 5.74) is 7.96. The predicted octanol–water partition coefficient (Wildman–Crippen LogP) is 2.62. The zero-order valence-corrected chi connectivity index (χ0v) is 11.8. The molecule has 1 aliphatic heterocycles. The number of hydrogen-bond acceptors (Lipinski definition) is 3. The molecule has 2 rings (SSSR count). The van der Waals surface area contributed by atoms with Crippen molar-refractivity contribution >= 4 is 30.5 Å². The maximum Gasteiger partial charge on any atom is 0.0556 e. The Labute approximate surface area is 116 Å². The van der Waals surface area contributed by atoms with Gasteiger partial charge in [0, 0.05) is 25.8 Å². The van der Waals surface area contributed by atoms with E-state index in [1.165, 1.54) is 18.5 Å². The fourth-order valence-electron chi connectivity index (χ4n) is 2.18. The lowest BCUT2D eigenvalue weighted by Gasteiger charge is -2.32. The number of piperidine rings is 1. The predicted molar refractivity (Wildman–Crippen MR) is 77.2 cm³/mol. The summed E-state index contributed by atoms with van der Waals surface area (Å²) in [6, 6.07) is 2.16. The summed E-state index contributed by atoms with van der Waals surface area (Å²) < 4.78 is 0. The molecule has 1 atom stereocenters. The molecule has 1 aromatic rings. The van der Waals surface area contributed by atoms with Crippen LogP contribution in [0.5, 0.6) is 0 Å². The molecule has 17 heavy (non-hydrogen) atoms. The number of nitrogens with zero attached hydrogens (tertiary/aromatic N) is 2. The second-order valence-electron chi connectivity index (χ2n) is 4.45. The molecule has 1 aliphatic rings. The Morgan fingerprint density at radius 2 is 2.18 bits per heavy atom. The Hall–Kier alpha value is -0.510. The molecule has 0 aromatic carbocycles. The average molecular weight is 278 g/mol. The van der Waals surface area contributed by atoms with E-state index in [0.29, 0.717) is 6.54 Å². The molecule has 1 unspecified atom stereocenters. The maximum absolute atomic E-state index is 5.62. The molecule has 5 heteroatoms. The zero-order chi connectivity index (χ0) is 10.7. The van der Waals surface area contributed by atoms with Crippen LogP contribution in [0.2, 0.25) is 0 Å². The number of pyridine rings is 1. The molecule has 2 heterocycles. The Kier molecular flexibility index (Phi) is 7.51. The van der Waals surface area contributed by atoms with Crippen molar-refractivity contribution in [1.29, 1.82) is 0 Å². The Morgan fingerprint density at radius 1 is 1.41 bits per heavy atom. The summed E-state index contributed by atoms with van der Waals surface area (Å²) in [5, 5.41) is 0. The first-order chi connectivity index (χ1) is 7.29. The number of anilines is 1. The van der Waals surface area contributed by atoms with Crippen molar-refractivity contribution in [2.24, 2.45) is 11.7 Å². The molecule has 0 bridgehead atoms. The van der Waals surface area contributed by atoms with Gasteiger partial charge in [0.05, 0.1) is 11.9 Å². The van der Waals surface area contributed by atoms with E-state index >= 15 is 0 Å². The van der Waals surface area contributed by atoms with Gasteiger partial charge in [-0.1, -0.05) is 6.92 Å². The van der Waals surface area contributed by atoms with Crippen molar-refractivity contribution in [3.05, 3.63) is 24.0 Å². The Morgan fingerprint density at radius 3 is 2.82 bits per heavy atom. The first-order valence-corrected chi connectivity index (χ1v) is 5.68. The highest BCUT2D eigenvalue weighted by atomic mass is 35.5. The fraction of sp³-hybridized carbons (Fsp3) is 0.583. The van der Waals surface area contributed by atoms with E-state index in [1.807, 2.05) is 12.4 Å². The second-order valence-corrected chi connectivity index (χ2v) is 4.45. The molecule has 1 saturated heterocycles. The highest BCUT2D eigenvalue weighted by molar-refractivity contribution is 5.85. The number of rotatable bonds is 2. The third-order valence-corrected chi connectivity index (χ3v) is 3.04. The van der Waals surface area contributed by atoms with Crippen molar-refractivity contribution in [2.75, 3.05) is 18.0 Å². The largest absolute Gasteiger partial charge is 0.370 e. The Balaban J connectivity index is 0.00000128. The molecule has 0 radical (unpaired) electrons. The van der Waals surface area contributed by atoms with Gasteiger partial charge in [-0.15, -0.1) is 24.8 Å². The lowest BCUT2D eigenvalue weighted by atomic mass is 10.00. The Bertz CT molecular complexity index is 333. The lowest BCUT2D eigenvalue weighted by molar-refractivity contribution is 0.446. The lowest BCUT2D eigenvalue weighted by Crippen LogP contribution is -2.34. The standard InChI is InChI=1S/C12H19N3.2ClH/c1-10-3-2-4-15(9-10)12-5-11(6-13)7-14-8-12;;/h5,7-8,10H,2-4,6,9,13H2,1H3;2*1H. The van der Waals surface area contributed by atoms with Crippen LogP contribution >= 0.6 is 24.8 Å². The normalized spacial score (nSPS) is 19.2. The molecule has 3 nitrogen and oxygen atoms in total. The first-order valence-electron chi connectivity index (χ1n) is 5.68. The van der Waals surface area contributed by atoms with Crippen LogP contribution in [0.25, 0.3) is 0 Å². The minimum Gasteiger partial charge on any atom is -0.370 e. The van der Waals surface area contributed by atoms with Crippen LogP contribution in [-0.4, -0.2) is 18.1 Å². The van der Waals surface area contributed by atoms with Gasteiger partial charge in [0.2, 0.25) is 0 Å². The molecule has 0 aliphatic carbocycles. The molecule has 0 spiro atoms. The van der Waals surface area contributed by atoms with E-state index in [-0.39, 0.29) is 24.8 Å². The number of nitrogens with two attached hydrogens (primary N) is 1. The third kappa shape index (κ3) is 4.34. The van der Waals surface area contributed by atoms with Gasteiger partial charge in [-0.05, 0) is 30.4 Å². The van der Waals surface area contributed by atoms with Crippen molar-refractivity contribution in [2.45, 2.75) is 26.3 Å². The van der Waals surface area contributed by atoms with Gasteiger partial charge >= 0.3 is 0 Å². The van der Waals surface area contributed by atoms with Crippen LogP contribution in [0.4, 0.5) is 5.69 Å². The summed E-state index contributed by atoms with van der Waals surface area (Å²) in [5.74, 6) is 0.792.